The van der Waals surface area contributed by atoms with E-state index in [1.165, 1.54) is 4.90 Å². The molecule has 0 aromatic heterocycles. The molecule has 1 heterocycles. The van der Waals surface area contributed by atoms with E-state index in [0.29, 0.717) is 11.1 Å². The molecular formula is C22H23N3O2. The zero-order valence-electron chi connectivity index (χ0n) is 16.0. The van der Waals surface area contributed by atoms with Crippen molar-refractivity contribution in [2.24, 2.45) is 0 Å². The van der Waals surface area contributed by atoms with Crippen molar-refractivity contribution >= 4 is 11.9 Å². The second-order valence-electron chi connectivity index (χ2n) is 8.04. The Balaban J connectivity index is 1.90. The molecule has 0 bridgehead atoms. The molecule has 2 aromatic carbocycles. The summed E-state index contributed by atoms with van der Waals surface area (Å²) < 4.78 is 0. The Hall–Kier alpha value is -3.13. The van der Waals surface area contributed by atoms with Gasteiger partial charge in [-0.2, -0.15) is 5.26 Å². The Morgan fingerprint density at radius 1 is 1.07 bits per heavy atom. The van der Waals surface area contributed by atoms with E-state index in [2.05, 4.69) is 32.2 Å². The van der Waals surface area contributed by atoms with Crippen LogP contribution in [0.4, 0.5) is 4.79 Å². The Kier molecular flexibility index (Phi) is 4.52. The van der Waals surface area contributed by atoms with Gasteiger partial charge in [0.15, 0.2) is 0 Å². The molecule has 1 saturated heterocycles. The SMILES string of the molecule is CC(C)(C)c1ccc(C2(C)NC(=O)N(Cc3ccccc3C#N)C2=O)cc1. The van der Waals surface area contributed by atoms with E-state index < -0.39 is 11.6 Å². The van der Waals surface area contributed by atoms with Crippen LogP contribution in [0.3, 0.4) is 0 Å². The molecule has 27 heavy (non-hydrogen) atoms. The van der Waals surface area contributed by atoms with E-state index in [1.807, 2.05) is 24.3 Å². The normalized spacial score (nSPS) is 19.7. The van der Waals surface area contributed by atoms with E-state index in [4.69, 9.17) is 0 Å². The summed E-state index contributed by atoms with van der Waals surface area (Å²) in [6, 6.07) is 16.4. The highest BCUT2D eigenvalue weighted by atomic mass is 16.2. The molecule has 2 aromatic rings. The van der Waals surface area contributed by atoms with Crippen LogP contribution in [0.1, 0.15) is 49.9 Å². The Labute approximate surface area is 159 Å². The fourth-order valence-corrected chi connectivity index (χ4v) is 3.28. The minimum atomic E-state index is -1.12. The van der Waals surface area contributed by atoms with E-state index >= 15 is 0 Å². The van der Waals surface area contributed by atoms with Crippen LogP contribution in [0, 0.1) is 11.3 Å². The molecule has 1 fully saturated rings. The smallest absolute Gasteiger partial charge is 0.319 e. The summed E-state index contributed by atoms with van der Waals surface area (Å²) in [5, 5.41) is 12.1. The highest BCUT2D eigenvalue weighted by molar-refractivity contribution is 6.07. The molecule has 5 nitrogen and oxygen atoms in total. The minimum absolute atomic E-state index is 0.00933. The molecule has 1 unspecified atom stereocenters. The molecule has 0 radical (unpaired) electrons. The molecule has 1 aliphatic rings. The topological polar surface area (TPSA) is 73.2 Å². The van der Waals surface area contributed by atoms with Gasteiger partial charge in [-0.1, -0.05) is 63.2 Å². The molecule has 5 heteroatoms. The average molecular weight is 361 g/mol. The molecule has 138 valence electrons. The predicted molar refractivity (Wildman–Crippen MR) is 103 cm³/mol. The summed E-state index contributed by atoms with van der Waals surface area (Å²) in [5.41, 5.74) is 1.90. The minimum Gasteiger partial charge on any atom is -0.319 e. The lowest BCUT2D eigenvalue weighted by Crippen LogP contribution is -2.40. The van der Waals surface area contributed by atoms with E-state index in [0.717, 1.165) is 11.1 Å². The van der Waals surface area contributed by atoms with E-state index in [9.17, 15) is 14.9 Å². The van der Waals surface area contributed by atoms with Crippen molar-refractivity contribution < 1.29 is 9.59 Å². The number of imide groups is 1. The van der Waals surface area contributed by atoms with Crippen LogP contribution in [-0.4, -0.2) is 16.8 Å². The summed E-state index contributed by atoms with van der Waals surface area (Å²) in [6.45, 7) is 8.17. The van der Waals surface area contributed by atoms with Gasteiger partial charge in [0.2, 0.25) is 0 Å². The second kappa shape index (κ2) is 6.55. The fraction of sp³-hybridized carbons (Fsp3) is 0.318. The highest BCUT2D eigenvalue weighted by Gasteiger charge is 2.49. The quantitative estimate of drug-likeness (QED) is 0.845. The first-order valence-corrected chi connectivity index (χ1v) is 8.90. The van der Waals surface area contributed by atoms with Gasteiger partial charge in [-0.25, -0.2) is 4.79 Å². The lowest BCUT2D eigenvalue weighted by atomic mass is 9.84. The number of nitrogens with one attached hydrogen (secondary N) is 1. The van der Waals surface area contributed by atoms with Crippen molar-refractivity contribution in [3.8, 4) is 6.07 Å². The number of amides is 3. The van der Waals surface area contributed by atoms with Gasteiger partial charge in [0.25, 0.3) is 5.91 Å². The van der Waals surface area contributed by atoms with Crippen LogP contribution >= 0.6 is 0 Å². The number of carbonyl (C=O) groups is 2. The van der Waals surface area contributed by atoms with Crippen molar-refractivity contribution in [1.82, 2.24) is 10.2 Å². The number of rotatable bonds is 3. The number of carbonyl (C=O) groups excluding carboxylic acids is 2. The van der Waals surface area contributed by atoms with Crippen LogP contribution in [0.25, 0.3) is 0 Å². The summed E-state index contributed by atoms with van der Waals surface area (Å²) in [6.07, 6.45) is 0. The van der Waals surface area contributed by atoms with Crippen molar-refractivity contribution in [1.29, 1.82) is 5.26 Å². The third kappa shape index (κ3) is 3.31. The zero-order valence-corrected chi connectivity index (χ0v) is 16.0. The molecule has 1 aliphatic heterocycles. The van der Waals surface area contributed by atoms with Crippen LogP contribution < -0.4 is 5.32 Å². The average Bonchev–Trinajstić information content (AvgIpc) is 2.86. The highest BCUT2D eigenvalue weighted by Crippen LogP contribution is 2.32. The fourth-order valence-electron chi connectivity index (χ4n) is 3.28. The molecule has 0 saturated carbocycles. The molecule has 0 aliphatic carbocycles. The summed E-state index contributed by atoms with van der Waals surface area (Å²) >= 11 is 0. The van der Waals surface area contributed by atoms with Gasteiger partial charge in [0.05, 0.1) is 18.2 Å². The maximum absolute atomic E-state index is 13.1. The first-order chi connectivity index (χ1) is 12.7. The van der Waals surface area contributed by atoms with Crippen LogP contribution in [0.2, 0.25) is 0 Å². The largest absolute Gasteiger partial charge is 0.325 e. The van der Waals surface area contributed by atoms with E-state index in [-0.39, 0.29) is 17.9 Å². The monoisotopic (exact) mass is 361 g/mol. The number of nitrogens with zero attached hydrogens (tertiary/aromatic N) is 2. The first-order valence-electron chi connectivity index (χ1n) is 8.90. The summed E-state index contributed by atoms with van der Waals surface area (Å²) in [7, 11) is 0. The van der Waals surface area contributed by atoms with Gasteiger partial charge < -0.3 is 5.32 Å². The zero-order chi connectivity index (χ0) is 19.8. The van der Waals surface area contributed by atoms with Gasteiger partial charge in [-0.15, -0.1) is 0 Å². The molecule has 3 amide bonds. The predicted octanol–water partition coefficient (Wildman–Crippen LogP) is 3.82. The van der Waals surface area contributed by atoms with E-state index in [1.54, 1.807) is 31.2 Å². The van der Waals surface area contributed by atoms with Crippen LogP contribution in [0.5, 0.6) is 0 Å². The molecule has 3 rings (SSSR count). The summed E-state index contributed by atoms with van der Waals surface area (Å²) in [4.78, 5) is 26.8. The Bertz CT molecular complexity index is 935. The van der Waals surface area contributed by atoms with Gasteiger partial charge in [-0.05, 0) is 35.1 Å². The standard InChI is InChI=1S/C22H23N3O2/c1-21(2,3)17-9-11-18(12-10-17)22(4)19(26)25(20(27)24-22)14-16-8-6-5-7-15(16)13-23/h5-12H,14H2,1-4H3,(H,24,27). The molecule has 1 atom stereocenters. The summed E-state index contributed by atoms with van der Waals surface area (Å²) in [5.74, 6) is -0.316. The van der Waals surface area contributed by atoms with Crippen molar-refractivity contribution in [2.75, 3.05) is 0 Å². The first kappa shape index (κ1) is 18.7. The number of urea groups is 1. The van der Waals surface area contributed by atoms with Crippen molar-refractivity contribution in [3.05, 3.63) is 70.8 Å². The van der Waals surface area contributed by atoms with Gasteiger partial charge in [0, 0.05) is 0 Å². The van der Waals surface area contributed by atoms with Crippen molar-refractivity contribution in [2.45, 2.75) is 45.2 Å². The lowest BCUT2D eigenvalue weighted by molar-refractivity contribution is -0.131. The number of benzene rings is 2. The molecule has 0 spiro atoms. The number of nitriles is 1. The molecule has 1 N–H and O–H groups in total. The third-order valence-corrected chi connectivity index (χ3v) is 5.07. The second-order valence-corrected chi connectivity index (χ2v) is 8.04. The third-order valence-electron chi connectivity index (χ3n) is 5.07. The van der Waals surface area contributed by atoms with Gasteiger partial charge in [0.1, 0.15) is 5.54 Å². The lowest BCUT2D eigenvalue weighted by Gasteiger charge is -2.24. The van der Waals surface area contributed by atoms with Crippen molar-refractivity contribution in [3.63, 3.8) is 0 Å². The maximum atomic E-state index is 13.1. The number of hydrogen-bond donors (Lipinski definition) is 1. The van der Waals surface area contributed by atoms with Crippen LogP contribution in [0.15, 0.2) is 48.5 Å². The van der Waals surface area contributed by atoms with Crippen LogP contribution in [-0.2, 0) is 22.3 Å². The maximum Gasteiger partial charge on any atom is 0.325 e. The Morgan fingerprint density at radius 3 is 2.30 bits per heavy atom. The Morgan fingerprint density at radius 2 is 1.70 bits per heavy atom. The number of hydrogen-bond acceptors (Lipinski definition) is 3. The molecular weight excluding hydrogens is 338 g/mol. The van der Waals surface area contributed by atoms with Gasteiger partial charge in [-0.3, -0.25) is 9.69 Å². The van der Waals surface area contributed by atoms with Gasteiger partial charge >= 0.3 is 6.03 Å².